The van der Waals surface area contributed by atoms with Gasteiger partial charge in [-0.1, -0.05) is 188 Å². The first kappa shape index (κ1) is 33.2. The van der Waals surface area contributed by atoms with E-state index in [1.54, 1.807) is 0 Å². The molecule has 8 aromatic carbocycles. The van der Waals surface area contributed by atoms with Crippen LogP contribution in [-0.2, 0) is 0 Å². The topological polar surface area (TPSA) is 25.8 Å². The van der Waals surface area contributed by atoms with E-state index in [0.29, 0.717) is 0 Å². The molecule has 56 heavy (non-hydrogen) atoms. The number of hydrogen-bond acceptors (Lipinski definition) is 2. The minimum atomic E-state index is 0.937. The van der Waals surface area contributed by atoms with Crippen LogP contribution in [0.25, 0.3) is 100.0 Å². The molecule has 0 unspecified atom stereocenters. The first-order valence-electron chi connectivity index (χ1n) is 19.1. The second kappa shape index (κ2) is 14.4. The standard InChI is InChI=1S/C54H36N2/c1-5-13-37(14-6-1)39-21-25-43(26-22-39)51-34-47(35-52(56-51)44-27-23-40(24-28-44)38-15-7-2-8-16-38)45-29-31-48-46(33-45)30-32-50-54(48)49(41-17-9-3-10-18-41)36-53(55-50)42-19-11-4-12-20-42/h1-36H. The Morgan fingerprint density at radius 2 is 0.661 bits per heavy atom. The smallest absolute Gasteiger partial charge is 0.0722 e. The number of pyridine rings is 2. The van der Waals surface area contributed by atoms with Gasteiger partial charge in [0.2, 0.25) is 0 Å². The molecule has 0 N–H and O–H groups in total. The third kappa shape index (κ3) is 6.44. The van der Waals surface area contributed by atoms with Crippen molar-refractivity contribution in [2.75, 3.05) is 0 Å². The van der Waals surface area contributed by atoms with Crippen molar-refractivity contribution in [1.82, 2.24) is 9.97 Å². The van der Waals surface area contributed by atoms with Crippen LogP contribution in [0.5, 0.6) is 0 Å². The van der Waals surface area contributed by atoms with Gasteiger partial charge in [-0.2, -0.15) is 0 Å². The van der Waals surface area contributed by atoms with Crippen molar-refractivity contribution in [3.8, 4) is 78.3 Å². The summed E-state index contributed by atoms with van der Waals surface area (Å²) in [4.78, 5) is 10.5. The van der Waals surface area contributed by atoms with Crippen LogP contribution in [-0.4, -0.2) is 9.97 Å². The van der Waals surface area contributed by atoms with E-state index >= 15 is 0 Å². The summed E-state index contributed by atoms with van der Waals surface area (Å²) in [7, 11) is 0. The van der Waals surface area contributed by atoms with Crippen molar-refractivity contribution < 1.29 is 0 Å². The lowest BCUT2D eigenvalue weighted by atomic mass is 9.92. The lowest BCUT2D eigenvalue weighted by Crippen LogP contribution is -1.93. The van der Waals surface area contributed by atoms with E-state index in [0.717, 1.165) is 55.8 Å². The zero-order chi connectivity index (χ0) is 37.3. The molecule has 262 valence electrons. The first-order chi connectivity index (χ1) is 27.7. The van der Waals surface area contributed by atoms with Crippen LogP contribution in [0.15, 0.2) is 218 Å². The lowest BCUT2D eigenvalue weighted by Gasteiger charge is -2.15. The molecule has 2 heterocycles. The predicted octanol–water partition coefficient (Wildman–Crippen LogP) is 14.5. The fourth-order valence-corrected chi connectivity index (χ4v) is 7.77. The van der Waals surface area contributed by atoms with E-state index in [-0.39, 0.29) is 0 Å². The van der Waals surface area contributed by atoms with E-state index in [1.807, 2.05) is 6.07 Å². The summed E-state index contributed by atoms with van der Waals surface area (Å²) in [6.45, 7) is 0. The SMILES string of the molecule is c1ccc(-c2ccc(-c3cc(-c4ccc5c(ccc6nc(-c7ccccc7)cc(-c7ccccc7)c65)c4)cc(-c4ccc(-c5ccccc5)cc4)n3)cc2)cc1. The van der Waals surface area contributed by atoms with Gasteiger partial charge in [-0.15, -0.1) is 0 Å². The minimum Gasteiger partial charge on any atom is -0.248 e. The Hall–Kier alpha value is -7.42. The Morgan fingerprint density at radius 3 is 1.20 bits per heavy atom. The first-order valence-corrected chi connectivity index (χ1v) is 19.1. The van der Waals surface area contributed by atoms with Crippen molar-refractivity contribution in [3.05, 3.63) is 218 Å². The van der Waals surface area contributed by atoms with Gasteiger partial charge < -0.3 is 0 Å². The molecule has 0 spiro atoms. The zero-order valence-corrected chi connectivity index (χ0v) is 30.7. The van der Waals surface area contributed by atoms with Crippen molar-refractivity contribution in [3.63, 3.8) is 0 Å². The van der Waals surface area contributed by atoms with Gasteiger partial charge in [0.05, 0.1) is 22.6 Å². The van der Waals surface area contributed by atoms with Crippen LogP contribution in [0.2, 0.25) is 0 Å². The summed E-state index contributed by atoms with van der Waals surface area (Å²) in [6.07, 6.45) is 0. The monoisotopic (exact) mass is 712 g/mol. The number of hydrogen-bond donors (Lipinski definition) is 0. The van der Waals surface area contributed by atoms with Crippen molar-refractivity contribution >= 4 is 21.7 Å². The second-order valence-electron chi connectivity index (χ2n) is 14.2. The molecule has 0 atom stereocenters. The molecule has 2 nitrogen and oxygen atoms in total. The van der Waals surface area contributed by atoms with Crippen LogP contribution >= 0.6 is 0 Å². The van der Waals surface area contributed by atoms with E-state index < -0.39 is 0 Å². The number of rotatable bonds is 7. The Labute approximate surface area is 327 Å². The molecule has 0 fully saturated rings. The third-order valence-corrected chi connectivity index (χ3v) is 10.7. The van der Waals surface area contributed by atoms with Gasteiger partial charge in [0.15, 0.2) is 0 Å². The summed E-state index contributed by atoms with van der Waals surface area (Å²) in [5, 5.41) is 3.51. The molecular weight excluding hydrogens is 677 g/mol. The molecule has 0 aliphatic rings. The van der Waals surface area contributed by atoms with Gasteiger partial charge in [-0.25, -0.2) is 9.97 Å². The van der Waals surface area contributed by atoms with Crippen molar-refractivity contribution in [1.29, 1.82) is 0 Å². The number of benzene rings is 8. The second-order valence-corrected chi connectivity index (χ2v) is 14.2. The number of fused-ring (bicyclic) bond motifs is 3. The van der Waals surface area contributed by atoms with Crippen LogP contribution in [0.1, 0.15) is 0 Å². The maximum atomic E-state index is 5.28. The summed E-state index contributed by atoms with van der Waals surface area (Å²) >= 11 is 0. The highest BCUT2D eigenvalue weighted by Crippen LogP contribution is 2.39. The third-order valence-electron chi connectivity index (χ3n) is 10.7. The van der Waals surface area contributed by atoms with Gasteiger partial charge in [0.1, 0.15) is 0 Å². The molecular formula is C54H36N2. The van der Waals surface area contributed by atoms with Crippen LogP contribution in [0, 0.1) is 0 Å². The molecule has 0 aliphatic carbocycles. The molecule has 0 saturated carbocycles. The highest BCUT2D eigenvalue weighted by molar-refractivity contribution is 6.14. The molecule has 0 aliphatic heterocycles. The quantitative estimate of drug-likeness (QED) is 0.154. The normalized spacial score (nSPS) is 11.2. The lowest BCUT2D eigenvalue weighted by molar-refractivity contribution is 1.32. The summed E-state index contributed by atoms with van der Waals surface area (Å²) < 4.78 is 0. The van der Waals surface area contributed by atoms with Gasteiger partial charge in [-0.05, 0) is 85.6 Å². The largest absolute Gasteiger partial charge is 0.248 e. The van der Waals surface area contributed by atoms with E-state index in [2.05, 4.69) is 212 Å². The Morgan fingerprint density at radius 1 is 0.250 bits per heavy atom. The summed E-state index contributed by atoms with van der Waals surface area (Å²) in [5.41, 5.74) is 16.5. The maximum absolute atomic E-state index is 5.28. The average Bonchev–Trinajstić information content (AvgIpc) is 3.29. The molecule has 10 aromatic rings. The fraction of sp³-hybridized carbons (Fsp3) is 0. The molecule has 0 saturated heterocycles. The van der Waals surface area contributed by atoms with E-state index in [9.17, 15) is 0 Å². The molecule has 0 radical (unpaired) electrons. The fourth-order valence-electron chi connectivity index (χ4n) is 7.77. The van der Waals surface area contributed by atoms with Gasteiger partial charge in [-0.3, -0.25) is 0 Å². The van der Waals surface area contributed by atoms with E-state index in [4.69, 9.17) is 9.97 Å². The number of aromatic nitrogens is 2. The highest BCUT2D eigenvalue weighted by Gasteiger charge is 2.15. The van der Waals surface area contributed by atoms with Gasteiger partial charge in [0.25, 0.3) is 0 Å². The van der Waals surface area contributed by atoms with Crippen LogP contribution < -0.4 is 0 Å². The molecule has 10 rings (SSSR count). The molecule has 0 amide bonds. The maximum Gasteiger partial charge on any atom is 0.0722 e. The predicted molar refractivity (Wildman–Crippen MR) is 235 cm³/mol. The molecule has 2 aromatic heterocycles. The highest BCUT2D eigenvalue weighted by atomic mass is 14.7. The minimum absolute atomic E-state index is 0.937. The van der Waals surface area contributed by atoms with Crippen molar-refractivity contribution in [2.24, 2.45) is 0 Å². The average molecular weight is 713 g/mol. The van der Waals surface area contributed by atoms with Gasteiger partial charge >= 0.3 is 0 Å². The Kier molecular flexibility index (Phi) is 8.55. The summed E-state index contributed by atoms with van der Waals surface area (Å²) in [5.74, 6) is 0. The van der Waals surface area contributed by atoms with Gasteiger partial charge in [0, 0.05) is 22.1 Å². The Balaban J connectivity index is 1.11. The van der Waals surface area contributed by atoms with Crippen LogP contribution in [0.4, 0.5) is 0 Å². The Bertz CT molecular complexity index is 2860. The number of nitrogens with zero attached hydrogens (tertiary/aromatic N) is 2. The van der Waals surface area contributed by atoms with Crippen molar-refractivity contribution in [2.45, 2.75) is 0 Å². The van der Waals surface area contributed by atoms with E-state index in [1.165, 1.54) is 44.2 Å². The molecule has 2 heteroatoms. The summed E-state index contributed by atoms with van der Waals surface area (Å²) in [6, 6.07) is 77.6. The molecule has 0 bridgehead atoms. The van der Waals surface area contributed by atoms with Crippen LogP contribution in [0.3, 0.4) is 0 Å². The zero-order valence-electron chi connectivity index (χ0n) is 30.7.